The molecule has 84 valence electrons. The van der Waals surface area contributed by atoms with Crippen molar-refractivity contribution < 1.29 is 12.7 Å². The second-order valence-electron chi connectivity index (χ2n) is 2.90. The van der Waals surface area contributed by atoms with Gasteiger partial charge in [0.25, 0.3) is 0 Å². The van der Waals surface area contributed by atoms with Crippen LogP contribution in [0.2, 0.25) is 0 Å². The molecule has 16 heavy (non-hydrogen) atoms. The van der Waals surface area contributed by atoms with Crippen LogP contribution in [0.3, 0.4) is 0 Å². The van der Waals surface area contributed by atoms with Crippen molar-refractivity contribution in [2.75, 3.05) is 0 Å². The summed E-state index contributed by atoms with van der Waals surface area (Å²) < 4.78 is 29.0. The molecule has 0 aliphatic carbocycles. The third kappa shape index (κ3) is 2.53. The molecule has 2 aromatic rings. The van der Waals surface area contributed by atoms with Crippen molar-refractivity contribution in [3.8, 4) is 0 Å². The van der Waals surface area contributed by atoms with Gasteiger partial charge >= 0.3 is 10.1 Å². The van der Waals surface area contributed by atoms with Crippen LogP contribution in [-0.4, -0.2) is 18.4 Å². The molecule has 0 aliphatic heterocycles. The fourth-order valence-electron chi connectivity index (χ4n) is 1.06. The molecular weight excluding hydrogens is 343 g/mol. The van der Waals surface area contributed by atoms with Gasteiger partial charge in [-0.1, -0.05) is 23.0 Å². The summed E-state index contributed by atoms with van der Waals surface area (Å²) in [5.74, 6) is 0. The normalized spacial score (nSPS) is 11.3. The molecule has 0 saturated carbocycles. The molecule has 0 radical (unpaired) electrons. The lowest BCUT2D eigenvalue weighted by Crippen LogP contribution is -2.20. The van der Waals surface area contributed by atoms with Crippen LogP contribution in [0, 0.1) is 3.57 Å². The first kappa shape index (κ1) is 11.4. The van der Waals surface area contributed by atoms with Gasteiger partial charge in [0, 0.05) is 0 Å². The topological polar surface area (TPSA) is 61.2 Å². The number of halogens is 1. The average Bonchev–Trinajstić information content (AvgIpc) is 2.64. The van der Waals surface area contributed by atoms with Gasteiger partial charge in [0.1, 0.15) is 4.90 Å². The smallest absolute Gasteiger partial charge is 0.266 e. The largest absolute Gasteiger partial charge is 0.358 e. The van der Waals surface area contributed by atoms with Crippen molar-refractivity contribution in [2.45, 2.75) is 4.90 Å². The maximum Gasteiger partial charge on any atom is 0.358 e. The van der Waals surface area contributed by atoms with E-state index in [-0.39, 0.29) is 4.90 Å². The summed E-state index contributed by atoms with van der Waals surface area (Å²) in [5, 5.41) is 3.73. The van der Waals surface area contributed by atoms with Gasteiger partial charge in [-0.15, -0.1) is 5.10 Å². The van der Waals surface area contributed by atoms with Crippen molar-refractivity contribution in [1.82, 2.24) is 9.94 Å². The molecule has 0 aliphatic rings. The molecule has 1 aromatic heterocycles. The van der Waals surface area contributed by atoms with Crippen LogP contribution in [0.25, 0.3) is 0 Å². The zero-order chi connectivity index (χ0) is 11.6. The second-order valence-corrected chi connectivity index (χ2v) is 5.68. The Morgan fingerprint density at radius 1 is 1.25 bits per heavy atom. The summed E-state index contributed by atoms with van der Waals surface area (Å²) >= 11 is 2.01. The Kier molecular flexibility index (Phi) is 3.15. The number of hydrogen-bond acceptors (Lipinski definition) is 4. The van der Waals surface area contributed by atoms with E-state index in [1.807, 2.05) is 22.6 Å². The lowest BCUT2D eigenvalue weighted by Gasteiger charge is -2.04. The predicted octanol–water partition coefficient (Wildman–Crippen LogP) is 1.31. The van der Waals surface area contributed by atoms with Gasteiger partial charge in [-0.05, 0) is 34.7 Å². The molecule has 1 aromatic carbocycles. The van der Waals surface area contributed by atoms with Crippen LogP contribution >= 0.6 is 22.6 Å². The van der Waals surface area contributed by atoms with Crippen LogP contribution in [-0.2, 0) is 10.1 Å². The standard InChI is InChI=1S/C9H7IN2O3S/c10-8-6-11-12(7-8)15-16(13,14)9-4-2-1-3-5-9/h1-7H. The van der Waals surface area contributed by atoms with E-state index in [1.165, 1.54) is 24.5 Å². The molecule has 0 fully saturated rings. The number of aromatic nitrogens is 2. The van der Waals surface area contributed by atoms with Crippen LogP contribution < -0.4 is 4.28 Å². The first-order chi connectivity index (χ1) is 7.58. The minimum absolute atomic E-state index is 0.0977. The van der Waals surface area contributed by atoms with Gasteiger partial charge in [0.2, 0.25) is 0 Å². The Bertz CT molecular complexity index is 580. The zero-order valence-corrected chi connectivity index (χ0v) is 10.9. The second kappa shape index (κ2) is 4.42. The highest BCUT2D eigenvalue weighted by atomic mass is 127. The molecule has 0 atom stereocenters. The van der Waals surface area contributed by atoms with Crippen molar-refractivity contribution in [1.29, 1.82) is 0 Å². The fourth-order valence-corrected chi connectivity index (χ4v) is 2.28. The molecule has 5 nitrogen and oxygen atoms in total. The summed E-state index contributed by atoms with van der Waals surface area (Å²) in [7, 11) is -3.80. The third-order valence-corrected chi connectivity index (χ3v) is 3.49. The average molecular weight is 350 g/mol. The van der Waals surface area contributed by atoms with Crippen molar-refractivity contribution in [2.24, 2.45) is 0 Å². The fraction of sp³-hybridized carbons (Fsp3) is 0. The first-order valence-corrected chi connectivity index (χ1v) is 6.77. The van der Waals surface area contributed by atoms with Gasteiger partial charge < -0.3 is 0 Å². The highest BCUT2D eigenvalue weighted by Crippen LogP contribution is 2.09. The molecule has 0 bridgehead atoms. The summed E-state index contributed by atoms with van der Waals surface area (Å²) in [4.78, 5) is 1.02. The van der Waals surface area contributed by atoms with Crippen molar-refractivity contribution in [3.05, 3.63) is 46.3 Å². The molecule has 0 N–H and O–H groups in total. The SMILES string of the molecule is O=S(=O)(On1cc(I)cn1)c1ccccc1. The lowest BCUT2D eigenvalue weighted by atomic mass is 10.4. The summed E-state index contributed by atoms with van der Waals surface area (Å²) in [6, 6.07) is 7.91. The zero-order valence-electron chi connectivity index (χ0n) is 7.95. The van der Waals surface area contributed by atoms with E-state index in [0.29, 0.717) is 0 Å². The van der Waals surface area contributed by atoms with Crippen LogP contribution in [0.4, 0.5) is 0 Å². The number of hydrogen-bond donors (Lipinski definition) is 0. The Morgan fingerprint density at radius 2 is 1.94 bits per heavy atom. The molecule has 0 spiro atoms. The summed E-state index contributed by atoms with van der Waals surface area (Å²) in [6.07, 6.45) is 2.97. The van der Waals surface area contributed by atoms with E-state index in [4.69, 9.17) is 4.28 Å². The monoisotopic (exact) mass is 350 g/mol. The third-order valence-electron chi connectivity index (χ3n) is 1.74. The van der Waals surface area contributed by atoms with E-state index in [0.717, 1.165) is 8.42 Å². The van der Waals surface area contributed by atoms with Crippen LogP contribution in [0.1, 0.15) is 0 Å². The van der Waals surface area contributed by atoms with Gasteiger partial charge in [-0.25, -0.2) is 0 Å². The van der Waals surface area contributed by atoms with Gasteiger partial charge in [0.15, 0.2) is 0 Å². The molecule has 0 unspecified atom stereocenters. The predicted molar refractivity (Wildman–Crippen MR) is 65.2 cm³/mol. The van der Waals surface area contributed by atoms with Gasteiger partial charge in [-0.2, -0.15) is 8.42 Å². The Hall–Kier alpha value is -1.09. The van der Waals surface area contributed by atoms with Crippen LogP contribution in [0.5, 0.6) is 0 Å². The summed E-state index contributed by atoms with van der Waals surface area (Å²) in [5.41, 5.74) is 0. The van der Waals surface area contributed by atoms with E-state index >= 15 is 0 Å². The minimum Gasteiger partial charge on any atom is -0.266 e. The molecule has 2 rings (SSSR count). The first-order valence-electron chi connectivity index (χ1n) is 4.28. The van der Waals surface area contributed by atoms with E-state index in [9.17, 15) is 8.42 Å². The van der Waals surface area contributed by atoms with Gasteiger partial charge in [0.05, 0.1) is 16.0 Å². The van der Waals surface area contributed by atoms with E-state index < -0.39 is 10.1 Å². The Morgan fingerprint density at radius 3 is 2.50 bits per heavy atom. The van der Waals surface area contributed by atoms with E-state index in [2.05, 4.69) is 5.10 Å². The Balaban J connectivity index is 2.28. The molecule has 0 amide bonds. The molecule has 1 heterocycles. The van der Waals surface area contributed by atoms with Crippen molar-refractivity contribution in [3.63, 3.8) is 0 Å². The lowest BCUT2D eigenvalue weighted by molar-refractivity contribution is 0.240. The quantitative estimate of drug-likeness (QED) is 0.783. The number of rotatable bonds is 3. The van der Waals surface area contributed by atoms with Crippen LogP contribution in [0.15, 0.2) is 47.6 Å². The summed E-state index contributed by atoms with van der Waals surface area (Å²) in [6.45, 7) is 0. The maximum absolute atomic E-state index is 11.7. The van der Waals surface area contributed by atoms with Gasteiger partial charge in [-0.3, -0.25) is 4.28 Å². The van der Waals surface area contributed by atoms with E-state index in [1.54, 1.807) is 18.2 Å². The number of benzene rings is 1. The minimum atomic E-state index is -3.80. The Labute approximate surface area is 106 Å². The molecule has 0 saturated heterocycles. The van der Waals surface area contributed by atoms with Crippen molar-refractivity contribution >= 4 is 32.7 Å². The molecule has 7 heteroatoms. The highest BCUT2D eigenvalue weighted by Gasteiger charge is 2.16. The number of nitrogens with zero attached hydrogens (tertiary/aromatic N) is 2. The maximum atomic E-state index is 11.7. The molecular formula is C9H7IN2O3S. The highest BCUT2D eigenvalue weighted by molar-refractivity contribution is 14.1.